The molecule has 0 aliphatic heterocycles. The first-order valence-corrected chi connectivity index (χ1v) is 5.49. The highest BCUT2D eigenvalue weighted by atomic mass is 35.5. The van der Waals surface area contributed by atoms with Crippen LogP contribution in [0, 0.1) is 11.6 Å². The first kappa shape index (κ1) is 13.8. The summed E-state index contributed by atoms with van der Waals surface area (Å²) in [6.07, 6.45) is -4.78. The Kier molecular flexibility index (Phi) is 3.49. The lowest BCUT2D eigenvalue weighted by Gasteiger charge is -2.10. The van der Waals surface area contributed by atoms with Gasteiger partial charge >= 0.3 is 6.18 Å². The van der Waals surface area contributed by atoms with Crippen molar-refractivity contribution in [1.82, 2.24) is 0 Å². The summed E-state index contributed by atoms with van der Waals surface area (Å²) in [6, 6.07) is 6.24. The van der Waals surface area contributed by atoms with Gasteiger partial charge in [0.15, 0.2) is 0 Å². The summed E-state index contributed by atoms with van der Waals surface area (Å²) < 4.78 is 64.2. The molecule has 0 amide bonds. The van der Waals surface area contributed by atoms with Crippen LogP contribution in [0.15, 0.2) is 36.4 Å². The lowest BCUT2D eigenvalue weighted by atomic mass is 10.0. The van der Waals surface area contributed by atoms with Crippen molar-refractivity contribution in [2.45, 2.75) is 6.18 Å². The smallest absolute Gasteiger partial charge is 0.206 e. The van der Waals surface area contributed by atoms with Gasteiger partial charge in [-0.2, -0.15) is 13.2 Å². The second-order valence-electron chi connectivity index (χ2n) is 3.79. The van der Waals surface area contributed by atoms with Crippen LogP contribution < -0.4 is 0 Å². The number of halogens is 6. The Hall–Kier alpha value is -1.62. The molecule has 0 saturated heterocycles. The molecule has 0 heterocycles. The van der Waals surface area contributed by atoms with Crippen LogP contribution in [0.1, 0.15) is 5.56 Å². The molecule has 0 saturated carbocycles. The summed E-state index contributed by atoms with van der Waals surface area (Å²) in [6.45, 7) is 0. The topological polar surface area (TPSA) is 0 Å². The Balaban J connectivity index is 2.54. The van der Waals surface area contributed by atoms with Crippen LogP contribution in [0.4, 0.5) is 22.0 Å². The van der Waals surface area contributed by atoms with E-state index in [0.717, 1.165) is 6.07 Å². The van der Waals surface area contributed by atoms with Gasteiger partial charge in [-0.3, -0.25) is 0 Å². The third kappa shape index (κ3) is 2.71. The number of rotatable bonds is 1. The molecule has 0 N–H and O–H groups in total. The van der Waals surface area contributed by atoms with Crippen molar-refractivity contribution in [2.75, 3.05) is 0 Å². The molecule has 0 unspecified atom stereocenters. The molecule has 0 atom stereocenters. The normalized spacial score (nSPS) is 11.7. The van der Waals surface area contributed by atoms with Gasteiger partial charge in [0.25, 0.3) is 0 Å². The van der Waals surface area contributed by atoms with E-state index < -0.39 is 23.4 Å². The zero-order chi connectivity index (χ0) is 14.2. The minimum absolute atomic E-state index is 0.00880. The van der Waals surface area contributed by atoms with Crippen LogP contribution in [0.25, 0.3) is 11.1 Å². The first-order chi connectivity index (χ1) is 8.80. The van der Waals surface area contributed by atoms with Crippen molar-refractivity contribution in [3.05, 3.63) is 58.6 Å². The summed E-state index contributed by atoms with van der Waals surface area (Å²) in [5.74, 6) is -2.26. The Labute approximate surface area is 110 Å². The van der Waals surface area contributed by atoms with E-state index in [2.05, 4.69) is 0 Å². The molecular formula is C13H6ClF5. The number of benzene rings is 2. The average molecular weight is 293 g/mol. The molecule has 0 aliphatic rings. The summed E-state index contributed by atoms with van der Waals surface area (Å²) in [4.78, 5) is 0. The molecule has 0 radical (unpaired) electrons. The summed E-state index contributed by atoms with van der Waals surface area (Å²) in [7, 11) is 0. The Morgan fingerprint density at radius 1 is 0.947 bits per heavy atom. The van der Waals surface area contributed by atoms with E-state index in [1.165, 1.54) is 18.2 Å². The molecule has 0 nitrogen and oxygen atoms in total. The van der Waals surface area contributed by atoms with E-state index in [1.807, 2.05) is 0 Å². The van der Waals surface area contributed by atoms with Gasteiger partial charge in [-0.15, -0.1) is 0 Å². The van der Waals surface area contributed by atoms with Crippen LogP contribution in [0.2, 0.25) is 5.02 Å². The van der Waals surface area contributed by atoms with Crippen molar-refractivity contribution in [2.24, 2.45) is 0 Å². The average Bonchev–Trinajstić information content (AvgIpc) is 2.31. The van der Waals surface area contributed by atoms with Crippen molar-refractivity contribution >= 4 is 11.6 Å². The summed E-state index contributed by atoms with van der Waals surface area (Å²) >= 11 is 5.56. The zero-order valence-electron chi connectivity index (χ0n) is 9.23. The van der Waals surface area contributed by atoms with Gasteiger partial charge in [-0.25, -0.2) is 8.78 Å². The van der Waals surface area contributed by atoms with E-state index in [-0.39, 0.29) is 16.1 Å². The van der Waals surface area contributed by atoms with E-state index in [1.54, 1.807) is 0 Å². The molecular weight excluding hydrogens is 287 g/mol. The van der Waals surface area contributed by atoms with Crippen molar-refractivity contribution < 1.29 is 22.0 Å². The van der Waals surface area contributed by atoms with Gasteiger partial charge in [-0.05, 0) is 23.8 Å². The van der Waals surface area contributed by atoms with Crippen LogP contribution in [-0.2, 0) is 6.18 Å². The third-order valence-electron chi connectivity index (χ3n) is 2.54. The van der Waals surface area contributed by atoms with E-state index in [4.69, 9.17) is 11.6 Å². The Morgan fingerprint density at radius 3 is 2.21 bits per heavy atom. The number of hydrogen-bond acceptors (Lipinski definition) is 0. The van der Waals surface area contributed by atoms with Crippen LogP contribution in [0.5, 0.6) is 0 Å². The van der Waals surface area contributed by atoms with Gasteiger partial charge in [0.1, 0.15) is 11.6 Å². The second kappa shape index (κ2) is 4.81. The quantitative estimate of drug-likeness (QED) is 0.625. The third-order valence-corrected chi connectivity index (χ3v) is 2.83. The van der Waals surface area contributed by atoms with Gasteiger partial charge < -0.3 is 0 Å². The molecule has 19 heavy (non-hydrogen) atoms. The van der Waals surface area contributed by atoms with Crippen molar-refractivity contribution in [3.8, 4) is 11.1 Å². The number of hydrogen-bond donors (Lipinski definition) is 0. The molecule has 6 heteroatoms. The fourth-order valence-electron chi connectivity index (χ4n) is 1.64. The molecule has 0 aromatic heterocycles. The zero-order valence-corrected chi connectivity index (χ0v) is 9.99. The van der Waals surface area contributed by atoms with Crippen molar-refractivity contribution in [1.29, 1.82) is 0 Å². The molecule has 0 fully saturated rings. The minimum atomic E-state index is -4.78. The minimum Gasteiger partial charge on any atom is -0.206 e. The lowest BCUT2D eigenvalue weighted by molar-refractivity contribution is -0.139. The predicted molar refractivity (Wildman–Crippen MR) is 61.8 cm³/mol. The summed E-state index contributed by atoms with van der Waals surface area (Å²) in [5, 5.41) is -0.183. The molecule has 2 aromatic carbocycles. The Bertz CT molecular complexity index is 619. The molecule has 0 spiro atoms. The standard InChI is InChI=1S/C13H6ClF5/c14-10-3-1-2-8(12(10)16)7-4-5-9(11(15)6-7)13(17,18)19/h1-6H. The molecule has 2 aromatic rings. The van der Waals surface area contributed by atoms with E-state index >= 15 is 0 Å². The van der Waals surface area contributed by atoms with Gasteiger partial charge in [0.05, 0.1) is 10.6 Å². The van der Waals surface area contributed by atoms with Crippen LogP contribution in [-0.4, -0.2) is 0 Å². The maximum absolute atomic E-state index is 13.7. The highest BCUT2D eigenvalue weighted by Gasteiger charge is 2.34. The van der Waals surface area contributed by atoms with E-state index in [9.17, 15) is 22.0 Å². The highest BCUT2D eigenvalue weighted by Crippen LogP contribution is 2.34. The number of alkyl halides is 3. The largest absolute Gasteiger partial charge is 0.419 e. The molecule has 100 valence electrons. The highest BCUT2D eigenvalue weighted by molar-refractivity contribution is 6.31. The van der Waals surface area contributed by atoms with Crippen LogP contribution >= 0.6 is 11.6 Å². The van der Waals surface area contributed by atoms with Crippen molar-refractivity contribution in [3.63, 3.8) is 0 Å². The fourth-order valence-corrected chi connectivity index (χ4v) is 1.81. The first-order valence-electron chi connectivity index (χ1n) is 5.12. The monoisotopic (exact) mass is 292 g/mol. The maximum atomic E-state index is 13.7. The Morgan fingerprint density at radius 2 is 1.63 bits per heavy atom. The predicted octanol–water partition coefficient (Wildman–Crippen LogP) is 5.30. The second-order valence-corrected chi connectivity index (χ2v) is 4.20. The van der Waals surface area contributed by atoms with E-state index in [0.29, 0.717) is 12.1 Å². The van der Waals surface area contributed by atoms with Crippen LogP contribution in [0.3, 0.4) is 0 Å². The molecule has 2 rings (SSSR count). The van der Waals surface area contributed by atoms with Gasteiger partial charge in [0, 0.05) is 5.56 Å². The van der Waals surface area contributed by atoms with Gasteiger partial charge in [0.2, 0.25) is 0 Å². The molecule has 0 aliphatic carbocycles. The maximum Gasteiger partial charge on any atom is 0.419 e. The lowest BCUT2D eigenvalue weighted by Crippen LogP contribution is -2.07. The van der Waals surface area contributed by atoms with Gasteiger partial charge in [-0.1, -0.05) is 29.8 Å². The molecule has 0 bridgehead atoms. The SMILES string of the molecule is Fc1cc(-c2cccc(Cl)c2F)ccc1C(F)(F)F. The fraction of sp³-hybridized carbons (Fsp3) is 0.0769. The summed E-state index contributed by atoms with van der Waals surface area (Å²) in [5.41, 5.74) is -1.45.